The second-order valence-corrected chi connectivity index (χ2v) is 6.92. The third-order valence-corrected chi connectivity index (χ3v) is 4.63. The fraction of sp³-hybridized carbons (Fsp3) is 0.0800. The van der Waals surface area contributed by atoms with Crippen molar-refractivity contribution in [3.63, 3.8) is 0 Å². The molecule has 0 spiro atoms. The Morgan fingerprint density at radius 3 is 2.48 bits per heavy atom. The molecule has 3 aromatic carbocycles. The fourth-order valence-electron chi connectivity index (χ4n) is 2.99. The van der Waals surface area contributed by atoms with Gasteiger partial charge in [0.1, 0.15) is 23.9 Å². The summed E-state index contributed by atoms with van der Waals surface area (Å²) in [6.07, 6.45) is 5.06. The van der Waals surface area contributed by atoms with Gasteiger partial charge in [0.15, 0.2) is 5.78 Å². The number of hydrogen-bond donors (Lipinski definition) is 0. The first-order valence-electron chi connectivity index (χ1n) is 9.80. The van der Waals surface area contributed by atoms with Crippen LogP contribution in [0.4, 0.5) is 4.39 Å². The maximum atomic E-state index is 13.8. The molecule has 1 aromatic heterocycles. The van der Waals surface area contributed by atoms with Crippen LogP contribution in [-0.2, 0) is 13.2 Å². The number of benzene rings is 3. The van der Waals surface area contributed by atoms with E-state index in [0.29, 0.717) is 29.1 Å². The van der Waals surface area contributed by atoms with Gasteiger partial charge in [-0.25, -0.2) is 9.07 Å². The maximum Gasteiger partial charge on any atom is 0.185 e. The Hall–Kier alpha value is -4.06. The molecule has 0 amide bonds. The summed E-state index contributed by atoms with van der Waals surface area (Å²) < 4.78 is 21.1. The van der Waals surface area contributed by atoms with Crippen LogP contribution in [0, 0.1) is 5.82 Å². The van der Waals surface area contributed by atoms with E-state index < -0.39 is 0 Å². The van der Waals surface area contributed by atoms with Crippen LogP contribution in [0.3, 0.4) is 0 Å². The van der Waals surface area contributed by atoms with Crippen LogP contribution in [0.15, 0.2) is 91.1 Å². The minimum atomic E-state index is -0.268. The molecule has 0 aliphatic heterocycles. The molecule has 4 aromatic rings. The van der Waals surface area contributed by atoms with Crippen molar-refractivity contribution in [3.05, 3.63) is 119 Å². The summed E-state index contributed by atoms with van der Waals surface area (Å²) in [4.78, 5) is 12.1. The summed E-state index contributed by atoms with van der Waals surface area (Å²) >= 11 is 0. The predicted octanol–water partition coefficient (Wildman–Crippen LogP) is 4.94. The molecule has 0 N–H and O–H groups in total. The van der Waals surface area contributed by atoms with Crippen molar-refractivity contribution in [1.82, 2.24) is 15.0 Å². The highest BCUT2D eigenvalue weighted by Gasteiger charge is 2.06. The van der Waals surface area contributed by atoms with E-state index in [1.807, 2.05) is 42.5 Å². The molecule has 0 radical (unpaired) electrons. The lowest BCUT2D eigenvalue weighted by molar-refractivity contribution is 0.104. The molecular weight excluding hydrogens is 393 g/mol. The summed E-state index contributed by atoms with van der Waals surface area (Å²) in [5.41, 5.74) is 2.75. The third kappa shape index (κ3) is 5.51. The molecule has 6 heteroatoms. The second-order valence-electron chi connectivity index (χ2n) is 6.92. The Balaban J connectivity index is 1.31. The zero-order chi connectivity index (χ0) is 21.5. The molecule has 31 heavy (non-hydrogen) atoms. The van der Waals surface area contributed by atoms with Crippen molar-refractivity contribution in [2.45, 2.75) is 13.2 Å². The summed E-state index contributed by atoms with van der Waals surface area (Å²) in [7, 11) is 0. The average molecular weight is 413 g/mol. The van der Waals surface area contributed by atoms with Gasteiger partial charge in [0.2, 0.25) is 0 Å². The van der Waals surface area contributed by atoms with E-state index in [2.05, 4.69) is 10.3 Å². The normalized spacial score (nSPS) is 11.0. The number of carbonyl (C=O) groups excluding carboxylic acids is 1. The van der Waals surface area contributed by atoms with Crippen molar-refractivity contribution in [3.8, 4) is 5.75 Å². The van der Waals surface area contributed by atoms with Crippen molar-refractivity contribution in [2.24, 2.45) is 0 Å². The SMILES string of the molecule is O=C(C=Cc1ccc(OCc2cn(Cc3ccccc3F)nn2)cc1)c1ccccc1. The maximum absolute atomic E-state index is 13.8. The Morgan fingerprint density at radius 1 is 0.968 bits per heavy atom. The molecule has 0 saturated heterocycles. The molecule has 0 aliphatic carbocycles. The van der Waals surface area contributed by atoms with Gasteiger partial charge in [0.05, 0.1) is 12.7 Å². The highest BCUT2D eigenvalue weighted by Crippen LogP contribution is 2.15. The fourth-order valence-corrected chi connectivity index (χ4v) is 2.99. The molecule has 0 unspecified atom stereocenters. The molecule has 0 atom stereocenters. The van der Waals surface area contributed by atoms with E-state index in [-0.39, 0.29) is 18.2 Å². The van der Waals surface area contributed by atoms with Crippen molar-refractivity contribution < 1.29 is 13.9 Å². The number of nitrogens with zero attached hydrogens (tertiary/aromatic N) is 3. The minimum absolute atomic E-state index is 0.0422. The van der Waals surface area contributed by atoms with Crippen LogP contribution in [0.25, 0.3) is 6.08 Å². The lowest BCUT2D eigenvalue weighted by Crippen LogP contribution is -2.02. The van der Waals surface area contributed by atoms with Crippen LogP contribution in [0.5, 0.6) is 5.75 Å². The lowest BCUT2D eigenvalue weighted by atomic mass is 10.1. The lowest BCUT2D eigenvalue weighted by Gasteiger charge is -2.04. The number of ether oxygens (including phenoxy) is 1. The van der Waals surface area contributed by atoms with Crippen LogP contribution in [0.1, 0.15) is 27.2 Å². The largest absolute Gasteiger partial charge is 0.487 e. The molecule has 154 valence electrons. The van der Waals surface area contributed by atoms with Gasteiger partial charge in [0, 0.05) is 11.1 Å². The minimum Gasteiger partial charge on any atom is -0.487 e. The molecule has 4 rings (SSSR count). The number of halogens is 1. The number of aromatic nitrogens is 3. The standard InChI is InChI=1S/C25H20FN3O2/c26-24-9-5-4-8-21(24)16-29-17-22(27-28-29)18-31-23-13-10-19(11-14-23)12-15-25(30)20-6-2-1-3-7-20/h1-15,17H,16,18H2. The number of ketones is 1. The second kappa shape index (κ2) is 9.63. The molecule has 5 nitrogen and oxygen atoms in total. The molecule has 0 bridgehead atoms. The first-order valence-corrected chi connectivity index (χ1v) is 9.80. The molecular formula is C25H20FN3O2. The predicted molar refractivity (Wildman–Crippen MR) is 116 cm³/mol. The van der Waals surface area contributed by atoms with Gasteiger partial charge in [-0.15, -0.1) is 5.10 Å². The monoisotopic (exact) mass is 413 g/mol. The van der Waals surface area contributed by atoms with Crippen molar-refractivity contribution in [1.29, 1.82) is 0 Å². The van der Waals surface area contributed by atoms with E-state index in [4.69, 9.17) is 4.74 Å². The Morgan fingerprint density at radius 2 is 1.71 bits per heavy atom. The van der Waals surface area contributed by atoms with E-state index in [1.54, 1.807) is 53.4 Å². The highest BCUT2D eigenvalue weighted by atomic mass is 19.1. The summed E-state index contributed by atoms with van der Waals surface area (Å²) in [5, 5.41) is 8.09. The number of hydrogen-bond acceptors (Lipinski definition) is 4. The summed E-state index contributed by atoms with van der Waals surface area (Å²) in [6, 6.07) is 23.1. The Kier molecular flexibility index (Phi) is 6.28. The van der Waals surface area contributed by atoms with E-state index in [0.717, 1.165) is 5.56 Å². The summed E-state index contributed by atoms with van der Waals surface area (Å²) in [5.74, 6) is 0.366. The number of rotatable bonds is 8. The van der Waals surface area contributed by atoms with Gasteiger partial charge in [-0.05, 0) is 29.8 Å². The van der Waals surface area contributed by atoms with Crippen molar-refractivity contribution >= 4 is 11.9 Å². The van der Waals surface area contributed by atoms with Crippen molar-refractivity contribution in [2.75, 3.05) is 0 Å². The highest BCUT2D eigenvalue weighted by molar-refractivity contribution is 6.06. The molecule has 0 fully saturated rings. The smallest absolute Gasteiger partial charge is 0.185 e. The average Bonchev–Trinajstić information content (AvgIpc) is 3.26. The van der Waals surface area contributed by atoms with Gasteiger partial charge in [-0.2, -0.15) is 0 Å². The molecule has 1 heterocycles. The van der Waals surface area contributed by atoms with Gasteiger partial charge < -0.3 is 4.74 Å². The van der Waals surface area contributed by atoms with Gasteiger partial charge in [0.25, 0.3) is 0 Å². The van der Waals surface area contributed by atoms with Gasteiger partial charge >= 0.3 is 0 Å². The summed E-state index contributed by atoms with van der Waals surface area (Å²) in [6.45, 7) is 0.557. The van der Waals surface area contributed by atoms with E-state index in [1.165, 1.54) is 6.07 Å². The zero-order valence-electron chi connectivity index (χ0n) is 16.7. The Labute approximate surface area is 179 Å². The quantitative estimate of drug-likeness (QED) is 0.303. The van der Waals surface area contributed by atoms with E-state index >= 15 is 0 Å². The number of allylic oxidation sites excluding steroid dienone is 1. The molecule has 0 aliphatic rings. The van der Waals surface area contributed by atoms with Gasteiger partial charge in [-0.3, -0.25) is 4.79 Å². The first-order chi connectivity index (χ1) is 15.2. The molecule has 0 saturated carbocycles. The Bertz CT molecular complexity index is 1180. The van der Waals surface area contributed by atoms with Crippen LogP contribution < -0.4 is 4.74 Å². The zero-order valence-corrected chi connectivity index (χ0v) is 16.7. The van der Waals surface area contributed by atoms with Crippen LogP contribution in [0.2, 0.25) is 0 Å². The number of carbonyl (C=O) groups is 1. The van der Waals surface area contributed by atoms with Crippen LogP contribution in [-0.4, -0.2) is 20.8 Å². The van der Waals surface area contributed by atoms with Crippen LogP contribution >= 0.6 is 0 Å². The van der Waals surface area contributed by atoms with E-state index in [9.17, 15) is 9.18 Å². The topological polar surface area (TPSA) is 57.0 Å². The first kappa shape index (κ1) is 20.2. The van der Waals surface area contributed by atoms with Gasteiger partial charge in [-0.1, -0.05) is 72.0 Å². The third-order valence-electron chi connectivity index (χ3n) is 4.63.